The summed E-state index contributed by atoms with van der Waals surface area (Å²) in [5.41, 5.74) is 1.52. The molecule has 1 atom stereocenters. The summed E-state index contributed by atoms with van der Waals surface area (Å²) in [6.07, 6.45) is -0.938. The van der Waals surface area contributed by atoms with E-state index in [1.54, 1.807) is 42.5 Å². The lowest BCUT2D eigenvalue weighted by atomic mass is 10.00. The van der Waals surface area contributed by atoms with E-state index >= 15 is 0 Å². The monoisotopic (exact) mass is 275 g/mol. The largest absolute Gasteiger partial charge is 0.384 e. The first-order chi connectivity index (χ1) is 9.03. The Kier molecular flexibility index (Phi) is 2.62. The van der Waals surface area contributed by atoms with Gasteiger partial charge in [0.1, 0.15) is 6.10 Å². The van der Waals surface area contributed by atoms with Crippen LogP contribution in [0.1, 0.15) is 17.2 Å². The first kappa shape index (κ1) is 12.2. The van der Waals surface area contributed by atoms with Gasteiger partial charge >= 0.3 is 0 Å². The lowest BCUT2D eigenvalue weighted by molar-refractivity contribution is 0.218. The van der Waals surface area contributed by atoms with Crippen molar-refractivity contribution < 1.29 is 13.5 Å². The Hall–Kier alpha value is -1.85. The van der Waals surface area contributed by atoms with Gasteiger partial charge in [0.25, 0.3) is 10.0 Å². The highest BCUT2D eigenvalue weighted by Crippen LogP contribution is 2.39. The summed E-state index contributed by atoms with van der Waals surface area (Å²) in [5, 5.41) is 10.5. The number of sulfonamides is 1. The van der Waals surface area contributed by atoms with Crippen LogP contribution in [-0.2, 0) is 10.0 Å². The highest BCUT2D eigenvalue weighted by Gasteiger charge is 2.33. The van der Waals surface area contributed by atoms with Crippen LogP contribution in [0, 0.1) is 0 Å². The topological polar surface area (TPSA) is 57.6 Å². The molecule has 0 aromatic heterocycles. The van der Waals surface area contributed by atoms with E-state index in [-0.39, 0.29) is 4.90 Å². The highest BCUT2D eigenvalue weighted by molar-refractivity contribution is 7.92. The number of anilines is 1. The molecule has 1 aliphatic heterocycles. The maximum atomic E-state index is 12.5. The first-order valence-corrected chi connectivity index (χ1v) is 7.32. The smallest absolute Gasteiger partial charge is 0.264 e. The van der Waals surface area contributed by atoms with Crippen molar-refractivity contribution >= 4 is 15.7 Å². The minimum absolute atomic E-state index is 0.154. The van der Waals surface area contributed by atoms with Gasteiger partial charge in [-0.25, -0.2) is 8.42 Å². The molecule has 5 heteroatoms. The zero-order valence-corrected chi connectivity index (χ0v) is 11.1. The summed E-state index contributed by atoms with van der Waals surface area (Å²) in [5.74, 6) is 0. The Labute approximate surface area is 112 Å². The van der Waals surface area contributed by atoms with Crippen molar-refractivity contribution in [1.82, 2.24) is 0 Å². The van der Waals surface area contributed by atoms with E-state index in [0.29, 0.717) is 16.8 Å². The van der Waals surface area contributed by atoms with Crippen molar-refractivity contribution in [3.8, 4) is 0 Å². The minimum atomic E-state index is -3.63. The van der Waals surface area contributed by atoms with Gasteiger partial charge in [-0.1, -0.05) is 36.4 Å². The second kappa shape index (κ2) is 4.08. The minimum Gasteiger partial charge on any atom is -0.384 e. The summed E-state index contributed by atoms with van der Waals surface area (Å²) >= 11 is 0. The van der Waals surface area contributed by atoms with Crippen molar-refractivity contribution in [3.05, 3.63) is 59.7 Å². The Balaban J connectivity index is 2.41. The summed E-state index contributed by atoms with van der Waals surface area (Å²) in [4.78, 5) is 0.154. The van der Waals surface area contributed by atoms with E-state index < -0.39 is 16.1 Å². The molecule has 0 saturated heterocycles. The average Bonchev–Trinajstić information content (AvgIpc) is 2.50. The SMILES string of the molecule is CN1c2ccccc2[C@H](O)c2ccccc2S1(=O)=O. The Bertz CT molecular complexity index is 740. The van der Waals surface area contributed by atoms with Crippen LogP contribution >= 0.6 is 0 Å². The molecular weight excluding hydrogens is 262 g/mol. The third-order valence-electron chi connectivity index (χ3n) is 3.42. The van der Waals surface area contributed by atoms with E-state index in [4.69, 9.17) is 0 Å². The summed E-state index contributed by atoms with van der Waals surface area (Å²) in [7, 11) is -2.13. The Morgan fingerprint density at radius 1 is 1.00 bits per heavy atom. The molecule has 1 N–H and O–H groups in total. The molecular formula is C14H13NO3S. The predicted octanol–water partition coefficient (Wildman–Crippen LogP) is 1.91. The third-order valence-corrected chi connectivity index (χ3v) is 5.27. The van der Waals surface area contributed by atoms with Crippen molar-refractivity contribution in [2.45, 2.75) is 11.0 Å². The molecule has 4 nitrogen and oxygen atoms in total. The van der Waals surface area contributed by atoms with Crippen LogP contribution in [0.5, 0.6) is 0 Å². The fourth-order valence-corrected chi connectivity index (χ4v) is 3.84. The predicted molar refractivity (Wildman–Crippen MR) is 72.5 cm³/mol. The van der Waals surface area contributed by atoms with Crippen molar-refractivity contribution in [2.75, 3.05) is 11.4 Å². The summed E-state index contributed by atoms with van der Waals surface area (Å²) < 4.78 is 26.3. The number of rotatable bonds is 0. The summed E-state index contributed by atoms with van der Waals surface area (Å²) in [6, 6.07) is 13.5. The van der Waals surface area contributed by atoms with Crippen LogP contribution in [0.4, 0.5) is 5.69 Å². The number of aliphatic hydroxyl groups excluding tert-OH is 1. The van der Waals surface area contributed by atoms with Crippen LogP contribution in [0.25, 0.3) is 0 Å². The van der Waals surface area contributed by atoms with Gasteiger partial charge in [0.2, 0.25) is 0 Å². The maximum absolute atomic E-state index is 12.5. The average molecular weight is 275 g/mol. The van der Waals surface area contributed by atoms with Gasteiger partial charge < -0.3 is 5.11 Å². The molecule has 0 bridgehead atoms. The second-order valence-corrected chi connectivity index (χ2v) is 6.41. The zero-order chi connectivity index (χ0) is 13.6. The molecule has 0 saturated carbocycles. The van der Waals surface area contributed by atoms with Crippen LogP contribution in [0.15, 0.2) is 53.4 Å². The maximum Gasteiger partial charge on any atom is 0.264 e. The molecule has 1 aliphatic rings. The fraction of sp³-hybridized carbons (Fsp3) is 0.143. The molecule has 0 amide bonds. The van der Waals surface area contributed by atoms with E-state index in [1.165, 1.54) is 17.4 Å². The van der Waals surface area contributed by atoms with Gasteiger partial charge in [-0.2, -0.15) is 0 Å². The first-order valence-electron chi connectivity index (χ1n) is 5.88. The molecule has 0 unspecified atom stereocenters. The van der Waals surface area contributed by atoms with E-state index in [0.717, 1.165) is 0 Å². The number of benzene rings is 2. The number of nitrogens with zero attached hydrogens (tertiary/aromatic N) is 1. The molecule has 98 valence electrons. The van der Waals surface area contributed by atoms with Crippen LogP contribution in [0.3, 0.4) is 0 Å². The molecule has 0 aliphatic carbocycles. The number of aliphatic hydroxyl groups is 1. The number of hydrogen-bond acceptors (Lipinski definition) is 3. The van der Waals surface area contributed by atoms with E-state index in [9.17, 15) is 13.5 Å². The van der Waals surface area contributed by atoms with Crippen LogP contribution in [0.2, 0.25) is 0 Å². The van der Waals surface area contributed by atoms with Gasteiger partial charge in [-0.05, 0) is 12.1 Å². The van der Waals surface area contributed by atoms with Gasteiger partial charge in [0.05, 0.1) is 10.6 Å². The van der Waals surface area contributed by atoms with Crippen molar-refractivity contribution in [3.63, 3.8) is 0 Å². The van der Waals surface area contributed by atoms with Crippen LogP contribution in [-0.4, -0.2) is 20.6 Å². The molecule has 19 heavy (non-hydrogen) atoms. The van der Waals surface area contributed by atoms with Gasteiger partial charge in [0.15, 0.2) is 0 Å². The highest BCUT2D eigenvalue weighted by atomic mass is 32.2. The fourth-order valence-electron chi connectivity index (χ4n) is 2.39. The number of fused-ring (bicyclic) bond motifs is 2. The number of para-hydroxylation sites is 1. The second-order valence-electron chi connectivity index (χ2n) is 4.47. The summed E-state index contributed by atoms with van der Waals surface area (Å²) in [6.45, 7) is 0. The van der Waals surface area contributed by atoms with Crippen LogP contribution < -0.4 is 4.31 Å². The molecule has 0 radical (unpaired) electrons. The van der Waals surface area contributed by atoms with Gasteiger partial charge in [0, 0.05) is 18.2 Å². The number of hydrogen-bond donors (Lipinski definition) is 1. The lowest BCUT2D eigenvalue weighted by Gasteiger charge is -2.19. The van der Waals surface area contributed by atoms with Gasteiger partial charge in [-0.3, -0.25) is 4.31 Å². The third kappa shape index (κ3) is 1.66. The normalized spacial score (nSPS) is 20.3. The molecule has 0 fully saturated rings. The molecule has 2 aromatic rings. The Morgan fingerprint density at radius 2 is 1.58 bits per heavy atom. The zero-order valence-electron chi connectivity index (χ0n) is 10.3. The quantitative estimate of drug-likeness (QED) is 0.799. The standard InChI is InChI=1S/C14H13NO3S/c1-15-12-8-4-2-6-10(12)14(16)11-7-3-5-9-13(11)19(15,17)18/h2-9,14,16H,1H3/t14-/m0/s1. The van der Waals surface area contributed by atoms with Gasteiger partial charge in [-0.15, -0.1) is 0 Å². The van der Waals surface area contributed by atoms with E-state index in [2.05, 4.69) is 0 Å². The Morgan fingerprint density at radius 3 is 2.32 bits per heavy atom. The molecule has 3 rings (SSSR count). The molecule has 0 spiro atoms. The molecule has 2 aromatic carbocycles. The van der Waals surface area contributed by atoms with Crippen molar-refractivity contribution in [2.24, 2.45) is 0 Å². The van der Waals surface area contributed by atoms with E-state index in [1.807, 2.05) is 0 Å². The molecule has 1 heterocycles. The van der Waals surface area contributed by atoms with Crippen molar-refractivity contribution in [1.29, 1.82) is 0 Å². The lowest BCUT2D eigenvalue weighted by Crippen LogP contribution is -2.26.